The molecule has 15 aliphatic rings. The van der Waals surface area contributed by atoms with Gasteiger partial charge in [0.15, 0.2) is 81.6 Å². The zero-order valence-corrected chi connectivity index (χ0v) is 86.4. The highest BCUT2D eigenvalue weighted by atomic mass is 19.2. The van der Waals surface area contributed by atoms with Crippen molar-refractivity contribution in [1.29, 1.82) is 0 Å². The molecule has 0 aromatic heterocycles. The number of carbonyl (C=O) groups excluding carboxylic acids is 5. The zero-order chi connectivity index (χ0) is 106. The molecule has 3 saturated heterocycles. The van der Waals surface area contributed by atoms with Crippen LogP contribution in [0.1, 0.15) is 211 Å². The Morgan fingerprint density at radius 2 is 0.796 bits per heavy atom. The van der Waals surface area contributed by atoms with E-state index in [9.17, 15) is 54.6 Å². The van der Waals surface area contributed by atoms with Crippen molar-refractivity contribution < 1.29 is 124 Å². The number of ketones is 5. The normalized spacial score (nSPS) is 39.3. The number of aliphatic hydroxyl groups is 6. The van der Waals surface area contributed by atoms with Gasteiger partial charge in [-0.15, -0.1) is 0 Å². The molecule has 12 aliphatic carbocycles. The van der Waals surface area contributed by atoms with Crippen LogP contribution in [0.4, 0.5) is 37.7 Å². The number of hydrogen-bond donors (Lipinski definition) is 7. The van der Waals surface area contributed by atoms with Crippen LogP contribution in [-0.4, -0.2) is 202 Å². The van der Waals surface area contributed by atoms with Crippen molar-refractivity contribution >= 4 is 40.3 Å². The number of ether oxygens (including phenoxy) is 9. The number of nitrogens with one attached hydrogen (secondary N) is 1. The second-order valence-electron chi connectivity index (χ2n) is 47.1. The van der Waals surface area contributed by atoms with Gasteiger partial charge >= 0.3 is 0 Å². The van der Waals surface area contributed by atoms with Gasteiger partial charge in [0.1, 0.15) is 61.3 Å². The van der Waals surface area contributed by atoms with E-state index in [4.69, 9.17) is 42.6 Å². The first-order valence-corrected chi connectivity index (χ1v) is 51.8. The Bertz CT molecular complexity index is 6360. The number of alkyl halides is 6. The van der Waals surface area contributed by atoms with Crippen LogP contribution in [0.2, 0.25) is 0 Å². The Balaban J connectivity index is 0.000000139. The molecule has 30 atom stereocenters. The third-order valence-electron chi connectivity index (χ3n) is 37.3. The van der Waals surface area contributed by atoms with Gasteiger partial charge in [-0.25, -0.2) is 26.3 Å². The van der Waals surface area contributed by atoms with E-state index in [0.717, 1.165) is 63.7 Å². The minimum atomic E-state index is -2.30. The summed E-state index contributed by atoms with van der Waals surface area (Å²) in [7, 11) is 5.35. The van der Waals surface area contributed by atoms with Crippen molar-refractivity contribution in [2.24, 2.45) is 73.4 Å². The molecule has 3 heterocycles. The SMILES string of the molecule is C=C1C=C[C@@]2(C)C(=C1)[C@@H](F)C[C@H]1[C@@H]3C[C@H]4O[C@@H](c5ccc(Oc6ccc(CC(C)(C)C)cc6)cc5)O[C@@]4(C(=O)CO)[C@@]3(C)C[C@H](O)[C@@]12F.COc1cc(Cc2ccc([C@@H]3O[C@@H]4C[C@H]5[C@@H]6C[C@H](F)C7=CC(=O)C=C[C@]7(C)[C@@]6(F)[C@@H](O)C[C@]5(C)[C@]4(C(=O)CO)O3)cc2)ccc1N(C)C(C)C.COc1cc(Cc2ccc([C@@H]3O[C@@H]4C[C@H]5[C@@H]6C[C@H](F)C7=CC(=O)C=C[C@]7(C)[C@@]6(F)[C@@H](O)C[C@]5(C)[C@]4(C(=O)CO)O3)cc2)ccc1NC(C)C. The fourth-order valence-electron chi connectivity index (χ4n) is 30.1. The van der Waals surface area contributed by atoms with Crippen LogP contribution in [0.5, 0.6) is 23.0 Å². The van der Waals surface area contributed by atoms with Crippen molar-refractivity contribution in [3.8, 4) is 23.0 Å². The van der Waals surface area contributed by atoms with Gasteiger partial charge in [-0.3, -0.25) is 24.0 Å². The number of hydrogen-bond acceptors (Lipinski definition) is 22. The molecule has 21 rings (SSSR count). The molecule has 12 fully saturated rings. The van der Waals surface area contributed by atoms with Crippen molar-refractivity contribution in [3.63, 3.8) is 0 Å². The maximum atomic E-state index is 17.7. The highest BCUT2D eigenvalue weighted by Gasteiger charge is 2.84. The van der Waals surface area contributed by atoms with E-state index in [1.807, 2.05) is 92.8 Å². The first-order chi connectivity index (χ1) is 69.4. The number of fused-ring (bicyclic) bond motifs is 21. The molecule has 147 heavy (non-hydrogen) atoms. The summed E-state index contributed by atoms with van der Waals surface area (Å²) < 4.78 is 157. The van der Waals surface area contributed by atoms with Crippen LogP contribution in [0.25, 0.3) is 0 Å². The lowest BCUT2D eigenvalue weighted by atomic mass is 9.44. The molecule has 0 bridgehead atoms. The Hall–Kier alpha value is -10.1. The number of allylic oxidation sites excluding steroid dienone is 13. The second-order valence-corrected chi connectivity index (χ2v) is 47.1. The number of aliphatic hydroxyl groups excluding tert-OH is 6. The lowest BCUT2D eigenvalue weighted by Crippen LogP contribution is -2.70. The average Bonchev–Trinajstić information content (AvgIpc) is 1.51. The number of rotatable bonds is 22. The lowest BCUT2D eigenvalue weighted by molar-refractivity contribution is -0.235. The van der Waals surface area contributed by atoms with Crippen molar-refractivity contribution in [2.75, 3.05) is 51.3 Å². The van der Waals surface area contributed by atoms with Gasteiger partial charge in [-0.1, -0.05) is 163 Å². The lowest BCUT2D eigenvalue weighted by Gasteiger charge is -2.63. The minimum absolute atomic E-state index is 0.0380. The topological polar surface area (TPSA) is 305 Å². The third-order valence-corrected chi connectivity index (χ3v) is 37.3. The van der Waals surface area contributed by atoms with E-state index in [0.29, 0.717) is 52.6 Å². The van der Waals surface area contributed by atoms with E-state index in [2.05, 4.69) is 95.6 Å². The first-order valence-electron chi connectivity index (χ1n) is 51.8. The zero-order valence-electron chi connectivity index (χ0n) is 86.4. The fourth-order valence-corrected chi connectivity index (χ4v) is 30.1. The number of carbonyl (C=O) groups is 5. The number of methoxy groups -OCH3 is 2. The molecule has 3 aliphatic heterocycles. The van der Waals surface area contributed by atoms with Crippen molar-refractivity contribution in [3.05, 3.63) is 262 Å². The third kappa shape index (κ3) is 16.1. The molecule has 7 N–H and O–H groups in total. The molecule has 28 heteroatoms. The molecule has 786 valence electrons. The molecule has 6 aromatic rings. The predicted molar refractivity (Wildman–Crippen MR) is 540 cm³/mol. The molecule has 6 aromatic carbocycles. The second kappa shape index (κ2) is 37.8. The van der Waals surface area contributed by atoms with E-state index in [-0.39, 0.29) is 86.0 Å². The molecular weight excluding hydrogens is 1890 g/mol. The summed E-state index contributed by atoms with van der Waals surface area (Å²) in [5, 5.41) is 69.3. The van der Waals surface area contributed by atoms with E-state index in [1.165, 1.54) is 29.9 Å². The number of benzene rings is 6. The summed E-state index contributed by atoms with van der Waals surface area (Å²) in [6, 6.07) is 43.5. The van der Waals surface area contributed by atoms with E-state index in [1.54, 1.807) is 91.3 Å². The largest absolute Gasteiger partial charge is 0.495 e. The van der Waals surface area contributed by atoms with Gasteiger partial charge in [-0.2, -0.15) is 0 Å². The summed E-state index contributed by atoms with van der Waals surface area (Å²) in [4.78, 5) is 67.9. The first kappa shape index (κ1) is 105. The van der Waals surface area contributed by atoms with Gasteiger partial charge in [0, 0.05) is 86.1 Å². The summed E-state index contributed by atoms with van der Waals surface area (Å²) in [6.45, 7) is 26.5. The summed E-state index contributed by atoms with van der Waals surface area (Å²) in [5.74, 6) is -4.41. The quantitative estimate of drug-likeness (QED) is 0.0311. The molecule has 0 amide bonds. The molecule has 0 radical (unpaired) electrons. The van der Waals surface area contributed by atoms with Gasteiger partial charge in [0.25, 0.3) is 0 Å². The maximum Gasteiger partial charge on any atom is 0.193 e. The van der Waals surface area contributed by atoms with Crippen molar-refractivity contribution in [1.82, 2.24) is 0 Å². The van der Waals surface area contributed by atoms with Crippen LogP contribution in [0.3, 0.4) is 0 Å². The van der Waals surface area contributed by atoms with Gasteiger partial charge in [0.05, 0.1) is 62.2 Å². The number of halogens is 6. The van der Waals surface area contributed by atoms with E-state index < -0.39 is 225 Å². The summed E-state index contributed by atoms with van der Waals surface area (Å²) in [6.07, 6.45) is -0.452. The highest BCUT2D eigenvalue weighted by Crippen LogP contribution is 2.78. The molecule has 22 nitrogen and oxygen atoms in total. The van der Waals surface area contributed by atoms with Gasteiger partial charge in [0.2, 0.25) is 0 Å². The Morgan fingerprint density at radius 1 is 0.463 bits per heavy atom. The van der Waals surface area contributed by atoms with Crippen molar-refractivity contribution in [2.45, 2.75) is 287 Å². The molecule has 0 unspecified atom stereocenters. The van der Waals surface area contributed by atoms with Crippen LogP contribution in [0.15, 0.2) is 217 Å². The average molecular weight is 2030 g/mol. The monoisotopic (exact) mass is 2030 g/mol. The van der Waals surface area contributed by atoms with Gasteiger partial charge < -0.3 is 83.5 Å². The Kier molecular flexibility index (Phi) is 27.1. The Labute approximate surface area is 855 Å². The maximum absolute atomic E-state index is 17.7. The van der Waals surface area contributed by atoms with Crippen LogP contribution in [-0.2, 0) is 71.7 Å². The van der Waals surface area contributed by atoms with E-state index >= 15 is 26.3 Å². The smallest absolute Gasteiger partial charge is 0.193 e. The van der Waals surface area contributed by atoms with Crippen LogP contribution < -0.4 is 24.4 Å². The fraction of sp³-hybridized carbons (Fsp3) is 0.538. The van der Waals surface area contributed by atoms with Crippen LogP contribution in [0, 0.1) is 73.4 Å². The molecule has 0 spiro atoms. The highest BCUT2D eigenvalue weighted by molar-refractivity contribution is 6.02. The number of anilines is 2. The predicted octanol–water partition coefficient (Wildman–Crippen LogP) is 19.2. The molecular formula is C119H138F6N2O20. The summed E-state index contributed by atoms with van der Waals surface area (Å²) in [5.41, 5.74) is -9.21. The Morgan fingerprint density at radius 3 is 1.15 bits per heavy atom. The number of nitrogens with zero attached hydrogens (tertiary/aromatic N) is 1. The standard InChI is InChI=1S/C40H47F2NO7.C40H46F2O6.C39H45F2NO7/c1-22(2)43(5)31-12-9-24(16-32(31)48-6)15-23-7-10-25(11-8-23)36-49-35-19-27-28-18-30(41)29-17-26(45)13-14-37(29,3)39(28,42)33(46)20-38(27,4)40(35,50-36)34(47)21-44;1-23-15-16-37(5)30(17-23)31(41)18-29-28-19-34-40(33(45)22-43,38(28,6)21-32(44)39(29,37)42)48-35(47-34)25-9-13-27(14-10-25)46-26-11-7-24(8-12-26)20-36(2,3)4;1-21(2)42-30-11-8-23(15-31(30)47-5)14-22-6-9-24(10-7-22)35-48-34-18-26-27-17-29(40)28-16-25(44)12-13-36(28,3)38(27,41)32(45)19-37(26,4)39(34,49-35)33(46)20-43/h7-14,16-17,22,27-28,30,33,35-36,44,46H,15,18-21H2,1-6H3;7-17,28-29,31-32,34-35,43-44H,1,18-22H2,2-6H3;6-13,15-16,21,26-27,29,32,34-35,42-43,45H,14,17-20H2,1-5H3/t27-,28-,30-,33-,35+,36+,37-,38-,39-,40+;28-,29-,31-,32-,34+,35+,37-,38-,39-,40+;26-,27-,29-,32-,34+,35+,36-,37-,38-,39+/m000/s1. The molecule has 9 saturated carbocycles. The summed E-state index contributed by atoms with van der Waals surface area (Å²) >= 11 is 0. The minimum Gasteiger partial charge on any atom is -0.495 e. The van der Waals surface area contributed by atoms with Crippen LogP contribution >= 0.6 is 0 Å². The number of Topliss-reactive ketones (excluding diaryl/α,β-unsaturated/α-hetero) is 3. The van der Waals surface area contributed by atoms with Gasteiger partial charge in [-0.05, 0) is 272 Å².